The summed E-state index contributed by atoms with van der Waals surface area (Å²) in [6.45, 7) is 2.56. The zero-order valence-electron chi connectivity index (χ0n) is 14.7. The van der Waals surface area contributed by atoms with Crippen molar-refractivity contribution in [3.63, 3.8) is 0 Å². The van der Waals surface area contributed by atoms with Gasteiger partial charge in [-0.05, 0) is 43.5 Å². The predicted octanol–water partition coefficient (Wildman–Crippen LogP) is 4.30. The number of ketones is 1. The first-order chi connectivity index (χ1) is 12.2. The van der Waals surface area contributed by atoms with Crippen LogP contribution < -0.4 is 4.74 Å². The molecule has 6 heteroatoms. The number of aryl methyl sites for hydroxylation is 1. The molecule has 1 aromatic carbocycles. The third-order valence-electron chi connectivity index (χ3n) is 4.59. The summed E-state index contributed by atoms with van der Waals surface area (Å²) >= 11 is 1.38. The van der Waals surface area contributed by atoms with Gasteiger partial charge in [-0.3, -0.25) is 9.89 Å². The molecule has 1 heterocycles. The maximum atomic E-state index is 12.3. The second-order valence-corrected chi connectivity index (χ2v) is 7.37. The van der Waals surface area contributed by atoms with Crippen molar-refractivity contribution in [2.75, 3.05) is 12.4 Å². The molecule has 1 fully saturated rings. The SMILES string of the molecule is CCOc1ccc(C(=O)CSc2n[nH]c(CCC3CCCC3)n2)cc1. The molecule has 0 amide bonds. The predicted molar refractivity (Wildman–Crippen MR) is 99.3 cm³/mol. The molecule has 0 atom stereocenters. The van der Waals surface area contributed by atoms with Crippen LogP contribution in [0.25, 0.3) is 0 Å². The Balaban J connectivity index is 1.45. The van der Waals surface area contributed by atoms with E-state index in [1.165, 1.54) is 43.9 Å². The average molecular weight is 359 g/mol. The molecule has 1 aliphatic rings. The zero-order valence-corrected chi connectivity index (χ0v) is 15.5. The maximum Gasteiger partial charge on any atom is 0.208 e. The summed E-state index contributed by atoms with van der Waals surface area (Å²) in [4.78, 5) is 16.8. The van der Waals surface area contributed by atoms with E-state index >= 15 is 0 Å². The van der Waals surface area contributed by atoms with Crippen LogP contribution in [0, 0.1) is 5.92 Å². The van der Waals surface area contributed by atoms with Crippen LogP contribution in [0.2, 0.25) is 0 Å². The third kappa shape index (κ3) is 5.33. The number of nitrogens with one attached hydrogen (secondary N) is 1. The molecule has 0 saturated heterocycles. The Kier molecular flexibility index (Phi) is 6.50. The molecular weight excluding hydrogens is 334 g/mol. The number of aromatic nitrogens is 3. The van der Waals surface area contributed by atoms with Gasteiger partial charge >= 0.3 is 0 Å². The van der Waals surface area contributed by atoms with Crippen molar-refractivity contribution < 1.29 is 9.53 Å². The third-order valence-corrected chi connectivity index (χ3v) is 5.44. The lowest BCUT2D eigenvalue weighted by Crippen LogP contribution is -2.03. The van der Waals surface area contributed by atoms with E-state index in [0.717, 1.165) is 23.9 Å². The van der Waals surface area contributed by atoms with Crippen molar-refractivity contribution in [3.8, 4) is 5.75 Å². The van der Waals surface area contributed by atoms with E-state index in [9.17, 15) is 4.79 Å². The monoisotopic (exact) mass is 359 g/mol. The van der Waals surface area contributed by atoms with Crippen LogP contribution in [0.1, 0.15) is 55.2 Å². The largest absolute Gasteiger partial charge is 0.494 e. The van der Waals surface area contributed by atoms with Crippen molar-refractivity contribution in [2.45, 2.75) is 50.6 Å². The van der Waals surface area contributed by atoms with Gasteiger partial charge in [-0.25, -0.2) is 4.98 Å². The highest BCUT2D eigenvalue weighted by molar-refractivity contribution is 7.99. The molecule has 0 spiro atoms. The Morgan fingerprint density at radius 1 is 1.28 bits per heavy atom. The first-order valence-corrected chi connectivity index (χ1v) is 10.0. The Labute approximate surface area is 153 Å². The standard InChI is InChI=1S/C19H25N3O2S/c1-2-24-16-10-8-15(9-11-16)17(23)13-25-19-20-18(21-22-19)12-7-14-5-3-4-6-14/h8-11,14H,2-7,12-13H2,1H3,(H,20,21,22). The molecule has 1 aliphatic carbocycles. The van der Waals surface area contributed by atoms with Gasteiger partial charge in [0.2, 0.25) is 5.16 Å². The fourth-order valence-electron chi connectivity index (χ4n) is 3.21. The number of thioether (sulfide) groups is 1. The molecule has 134 valence electrons. The molecule has 25 heavy (non-hydrogen) atoms. The summed E-state index contributed by atoms with van der Waals surface area (Å²) in [6.07, 6.45) is 7.58. The van der Waals surface area contributed by atoms with Gasteiger partial charge in [-0.15, -0.1) is 5.10 Å². The molecule has 3 rings (SSSR count). The van der Waals surface area contributed by atoms with E-state index in [4.69, 9.17) is 4.74 Å². The number of carbonyl (C=O) groups is 1. The number of carbonyl (C=O) groups excluding carboxylic acids is 1. The highest BCUT2D eigenvalue weighted by Crippen LogP contribution is 2.28. The summed E-state index contributed by atoms with van der Waals surface area (Å²) in [6, 6.07) is 7.27. The van der Waals surface area contributed by atoms with Crippen LogP contribution in [0.15, 0.2) is 29.4 Å². The number of benzene rings is 1. The van der Waals surface area contributed by atoms with Gasteiger partial charge in [0.05, 0.1) is 12.4 Å². The summed E-state index contributed by atoms with van der Waals surface area (Å²) in [5, 5.41) is 7.88. The second-order valence-electron chi connectivity index (χ2n) is 6.42. The van der Waals surface area contributed by atoms with Crippen LogP contribution in [-0.2, 0) is 6.42 Å². The smallest absolute Gasteiger partial charge is 0.208 e. The Bertz CT molecular complexity index is 678. The number of Topliss-reactive ketones (excluding diaryl/α,β-unsaturated/α-hetero) is 1. The molecule has 1 saturated carbocycles. The molecule has 2 aromatic rings. The highest BCUT2D eigenvalue weighted by atomic mass is 32.2. The fraction of sp³-hybridized carbons (Fsp3) is 0.526. The van der Waals surface area contributed by atoms with Crippen molar-refractivity contribution in [2.24, 2.45) is 5.92 Å². The van der Waals surface area contributed by atoms with Gasteiger partial charge in [0.1, 0.15) is 11.6 Å². The summed E-state index contributed by atoms with van der Waals surface area (Å²) in [5.74, 6) is 2.98. The van der Waals surface area contributed by atoms with Gasteiger partial charge in [-0.1, -0.05) is 37.4 Å². The first kappa shape index (κ1) is 18.0. The lowest BCUT2D eigenvalue weighted by atomic mass is 10.0. The average Bonchev–Trinajstić information content (AvgIpc) is 3.30. The summed E-state index contributed by atoms with van der Waals surface area (Å²) in [7, 11) is 0. The molecule has 0 aliphatic heterocycles. The van der Waals surface area contributed by atoms with Crippen molar-refractivity contribution >= 4 is 17.5 Å². The number of hydrogen-bond acceptors (Lipinski definition) is 5. The topological polar surface area (TPSA) is 67.9 Å². The number of ether oxygens (including phenoxy) is 1. The van der Waals surface area contributed by atoms with Crippen LogP contribution in [0.4, 0.5) is 0 Å². The maximum absolute atomic E-state index is 12.3. The Morgan fingerprint density at radius 3 is 2.76 bits per heavy atom. The van der Waals surface area contributed by atoms with E-state index in [1.807, 2.05) is 19.1 Å². The minimum absolute atomic E-state index is 0.0744. The first-order valence-electron chi connectivity index (χ1n) is 9.04. The molecule has 1 N–H and O–H groups in total. The molecule has 1 aromatic heterocycles. The van der Waals surface area contributed by atoms with E-state index < -0.39 is 0 Å². The quantitative estimate of drug-likeness (QED) is 0.534. The van der Waals surface area contributed by atoms with E-state index in [2.05, 4.69) is 15.2 Å². The number of nitrogens with zero attached hydrogens (tertiary/aromatic N) is 2. The van der Waals surface area contributed by atoms with Crippen molar-refractivity contribution in [3.05, 3.63) is 35.7 Å². The van der Waals surface area contributed by atoms with Gasteiger partial charge in [-0.2, -0.15) is 0 Å². The lowest BCUT2D eigenvalue weighted by Gasteiger charge is -2.05. The number of hydrogen-bond donors (Lipinski definition) is 1. The van der Waals surface area contributed by atoms with E-state index in [-0.39, 0.29) is 5.78 Å². The van der Waals surface area contributed by atoms with Crippen molar-refractivity contribution in [1.29, 1.82) is 0 Å². The molecule has 0 bridgehead atoms. The molecule has 0 unspecified atom stereocenters. The number of H-pyrrole nitrogens is 1. The second kappa shape index (κ2) is 9.04. The highest BCUT2D eigenvalue weighted by Gasteiger charge is 2.16. The summed E-state index contributed by atoms with van der Waals surface area (Å²) in [5.41, 5.74) is 0.688. The number of rotatable bonds is 9. The Morgan fingerprint density at radius 2 is 2.04 bits per heavy atom. The van der Waals surface area contributed by atoms with Crippen LogP contribution in [0.5, 0.6) is 5.75 Å². The minimum Gasteiger partial charge on any atom is -0.494 e. The fourth-order valence-corrected chi connectivity index (χ4v) is 3.92. The molecule has 5 nitrogen and oxygen atoms in total. The summed E-state index contributed by atoms with van der Waals surface area (Å²) < 4.78 is 5.39. The van der Waals surface area contributed by atoms with Crippen molar-refractivity contribution in [1.82, 2.24) is 15.2 Å². The van der Waals surface area contributed by atoms with Gasteiger partial charge in [0, 0.05) is 12.0 Å². The molecular formula is C19H25N3O2S. The van der Waals surface area contributed by atoms with E-state index in [0.29, 0.717) is 23.1 Å². The van der Waals surface area contributed by atoms with Gasteiger partial charge in [0.15, 0.2) is 5.78 Å². The van der Waals surface area contributed by atoms with Gasteiger partial charge in [0.25, 0.3) is 0 Å². The normalized spacial score (nSPS) is 14.8. The van der Waals surface area contributed by atoms with E-state index in [1.54, 1.807) is 12.1 Å². The molecule has 0 radical (unpaired) electrons. The van der Waals surface area contributed by atoms with Gasteiger partial charge < -0.3 is 4.74 Å². The minimum atomic E-state index is 0.0744. The zero-order chi connectivity index (χ0) is 17.5. The lowest BCUT2D eigenvalue weighted by molar-refractivity contribution is 0.102. The number of aromatic amines is 1. The van der Waals surface area contributed by atoms with Crippen LogP contribution in [0.3, 0.4) is 0 Å². The van der Waals surface area contributed by atoms with Crippen LogP contribution in [-0.4, -0.2) is 33.3 Å². The Hall–Kier alpha value is -1.82. The van der Waals surface area contributed by atoms with Crippen LogP contribution >= 0.6 is 11.8 Å².